The van der Waals surface area contributed by atoms with Gasteiger partial charge < -0.3 is 9.52 Å². The summed E-state index contributed by atoms with van der Waals surface area (Å²) in [6, 6.07) is 3.93. The zero-order valence-electron chi connectivity index (χ0n) is 5.91. The minimum atomic E-state index is 0.154. The Balaban J connectivity index is 2.42. The number of aliphatic hydroxyl groups is 1. The van der Waals surface area contributed by atoms with E-state index in [0.29, 0.717) is 6.42 Å². The van der Waals surface area contributed by atoms with Crippen molar-refractivity contribution >= 4 is 21.6 Å². The van der Waals surface area contributed by atoms with E-state index >= 15 is 0 Å². The minimum absolute atomic E-state index is 0.154. The fourth-order valence-corrected chi connectivity index (χ4v) is 1.81. The molecule has 0 fully saturated rings. The topological polar surface area (TPSA) is 33.4 Å². The van der Waals surface area contributed by atoms with E-state index in [9.17, 15) is 0 Å². The van der Waals surface area contributed by atoms with Crippen LogP contribution in [-0.4, -0.2) is 11.7 Å². The van der Waals surface area contributed by atoms with Gasteiger partial charge in [-0.3, -0.25) is 0 Å². The van der Waals surface area contributed by atoms with Crippen molar-refractivity contribution in [2.24, 2.45) is 0 Å². The summed E-state index contributed by atoms with van der Waals surface area (Å²) in [6.45, 7) is 0.154. The fraction of sp³-hybridized carbons (Fsp3) is 0.250. The molecule has 0 aromatic carbocycles. The number of aliphatic hydroxyl groups excluding tert-OH is 1. The Kier molecular flexibility index (Phi) is 1.68. The van der Waals surface area contributed by atoms with Gasteiger partial charge in [0.1, 0.15) is 11.3 Å². The lowest BCUT2D eigenvalue weighted by Gasteiger charge is -1.86. The van der Waals surface area contributed by atoms with Crippen LogP contribution in [0.1, 0.15) is 5.76 Å². The van der Waals surface area contributed by atoms with Crippen LogP contribution in [0.4, 0.5) is 0 Å². The Hall–Kier alpha value is -0.800. The van der Waals surface area contributed by atoms with E-state index in [-0.39, 0.29) is 6.61 Å². The van der Waals surface area contributed by atoms with Gasteiger partial charge in [-0.1, -0.05) is 0 Å². The van der Waals surface area contributed by atoms with E-state index in [1.54, 1.807) is 11.3 Å². The molecular formula is C8H8O2S. The maximum absolute atomic E-state index is 8.63. The van der Waals surface area contributed by atoms with Crippen LogP contribution in [0.3, 0.4) is 0 Å². The summed E-state index contributed by atoms with van der Waals surface area (Å²) in [5.74, 6) is 0.870. The molecule has 0 amide bonds. The zero-order chi connectivity index (χ0) is 7.68. The van der Waals surface area contributed by atoms with Gasteiger partial charge in [-0.2, -0.15) is 0 Å². The quantitative estimate of drug-likeness (QED) is 0.744. The lowest BCUT2D eigenvalue weighted by atomic mass is 10.3. The third kappa shape index (κ3) is 1.17. The van der Waals surface area contributed by atoms with Crippen LogP contribution in [0.25, 0.3) is 10.3 Å². The molecule has 2 aromatic rings. The first kappa shape index (κ1) is 6.88. The van der Waals surface area contributed by atoms with Crippen molar-refractivity contribution in [2.45, 2.75) is 6.42 Å². The Morgan fingerprint density at radius 2 is 2.45 bits per heavy atom. The van der Waals surface area contributed by atoms with Crippen LogP contribution in [-0.2, 0) is 6.42 Å². The number of furan rings is 1. The smallest absolute Gasteiger partial charge is 0.145 e. The van der Waals surface area contributed by atoms with Gasteiger partial charge in [0.05, 0.1) is 11.3 Å². The Morgan fingerprint density at radius 3 is 3.18 bits per heavy atom. The van der Waals surface area contributed by atoms with E-state index in [1.165, 1.54) is 0 Å². The van der Waals surface area contributed by atoms with Crippen LogP contribution in [0.2, 0.25) is 0 Å². The molecule has 2 nitrogen and oxygen atoms in total. The molecule has 2 rings (SSSR count). The maximum Gasteiger partial charge on any atom is 0.145 e. The van der Waals surface area contributed by atoms with Gasteiger partial charge in [0, 0.05) is 6.42 Å². The Bertz CT molecular complexity index is 319. The van der Waals surface area contributed by atoms with Gasteiger partial charge in [0.15, 0.2) is 0 Å². The number of hydrogen-bond donors (Lipinski definition) is 1. The predicted molar refractivity (Wildman–Crippen MR) is 44.9 cm³/mol. The number of thiophene rings is 1. The second-order valence-electron chi connectivity index (χ2n) is 2.34. The van der Waals surface area contributed by atoms with Gasteiger partial charge in [0.25, 0.3) is 0 Å². The van der Waals surface area contributed by atoms with E-state index in [2.05, 4.69) is 0 Å². The van der Waals surface area contributed by atoms with Crippen molar-refractivity contribution in [1.82, 2.24) is 0 Å². The highest BCUT2D eigenvalue weighted by Gasteiger charge is 2.02. The summed E-state index contributed by atoms with van der Waals surface area (Å²) in [4.78, 5) is 0. The van der Waals surface area contributed by atoms with Crippen LogP contribution >= 0.6 is 11.3 Å². The molecule has 0 aliphatic carbocycles. The average molecular weight is 168 g/mol. The number of rotatable bonds is 2. The molecular weight excluding hydrogens is 160 g/mol. The maximum atomic E-state index is 8.63. The third-order valence-electron chi connectivity index (χ3n) is 1.55. The molecule has 0 unspecified atom stereocenters. The first-order chi connectivity index (χ1) is 5.40. The summed E-state index contributed by atoms with van der Waals surface area (Å²) >= 11 is 1.66. The van der Waals surface area contributed by atoms with Crippen molar-refractivity contribution in [2.75, 3.05) is 6.61 Å². The summed E-state index contributed by atoms with van der Waals surface area (Å²) < 4.78 is 6.56. The molecule has 11 heavy (non-hydrogen) atoms. The Labute approximate surface area is 68.1 Å². The first-order valence-electron chi connectivity index (χ1n) is 3.47. The van der Waals surface area contributed by atoms with Crippen LogP contribution in [0, 0.1) is 0 Å². The predicted octanol–water partition coefficient (Wildman–Crippen LogP) is 2.03. The first-order valence-corrected chi connectivity index (χ1v) is 4.35. The molecule has 0 aliphatic rings. The molecule has 0 bridgehead atoms. The molecule has 0 spiro atoms. The molecule has 0 radical (unpaired) electrons. The summed E-state index contributed by atoms with van der Waals surface area (Å²) in [5.41, 5.74) is 0.929. The molecule has 0 atom stereocenters. The van der Waals surface area contributed by atoms with Crippen molar-refractivity contribution in [3.05, 3.63) is 23.3 Å². The SMILES string of the molecule is OCCc1cc2sccc2o1. The molecule has 2 aromatic heterocycles. The molecule has 0 aliphatic heterocycles. The Morgan fingerprint density at radius 1 is 1.55 bits per heavy atom. The van der Waals surface area contributed by atoms with E-state index in [0.717, 1.165) is 16.0 Å². The van der Waals surface area contributed by atoms with Gasteiger partial charge in [-0.25, -0.2) is 0 Å². The number of fused-ring (bicyclic) bond motifs is 1. The highest BCUT2D eigenvalue weighted by atomic mass is 32.1. The highest BCUT2D eigenvalue weighted by molar-refractivity contribution is 7.17. The minimum Gasteiger partial charge on any atom is -0.460 e. The highest BCUT2D eigenvalue weighted by Crippen LogP contribution is 2.24. The monoisotopic (exact) mass is 168 g/mol. The second kappa shape index (κ2) is 2.68. The molecule has 0 saturated heterocycles. The standard InChI is InChI=1S/C8H8O2S/c9-3-1-6-5-8-7(10-6)2-4-11-8/h2,4-5,9H,1,3H2. The van der Waals surface area contributed by atoms with Gasteiger partial charge in [-0.15, -0.1) is 11.3 Å². The third-order valence-corrected chi connectivity index (χ3v) is 2.39. The van der Waals surface area contributed by atoms with Crippen molar-refractivity contribution < 1.29 is 9.52 Å². The summed E-state index contributed by atoms with van der Waals surface area (Å²) in [6.07, 6.45) is 0.612. The van der Waals surface area contributed by atoms with Crippen LogP contribution in [0.5, 0.6) is 0 Å². The average Bonchev–Trinajstić information content (AvgIpc) is 2.46. The molecule has 2 heterocycles. The normalized spacial score (nSPS) is 11.0. The largest absolute Gasteiger partial charge is 0.460 e. The zero-order valence-corrected chi connectivity index (χ0v) is 6.73. The van der Waals surface area contributed by atoms with Gasteiger partial charge >= 0.3 is 0 Å². The summed E-state index contributed by atoms with van der Waals surface area (Å²) in [5, 5.41) is 10.6. The molecule has 1 N–H and O–H groups in total. The van der Waals surface area contributed by atoms with Gasteiger partial charge in [0.2, 0.25) is 0 Å². The van der Waals surface area contributed by atoms with E-state index < -0.39 is 0 Å². The fourth-order valence-electron chi connectivity index (χ4n) is 1.05. The molecule has 0 saturated carbocycles. The van der Waals surface area contributed by atoms with Crippen molar-refractivity contribution in [3.63, 3.8) is 0 Å². The molecule has 3 heteroatoms. The van der Waals surface area contributed by atoms with E-state index in [4.69, 9.17) is 9.52 Å². The molecule has 58 valence electrons. The van der Waals surface area contributed by atoms with Gasteiger partial charge in [-0.05, 0) is 17.5 Å². The van der Waals surface area contributed by atoms with Crippen LogP contribution in [0.15, 0.2) is 21.9 Å². The van der Waals surface area contributed by atoms with Crippen LogP contribution < -0.4 is 0 Å². The van der Waals surface area contributed by atoms with Crippen molar-refractivity contribution in [1.29, 1.82) is 0 Å². The van der Waals surface area contributed by atoms with Crippen molar-refractivity contribution in [3.8, 4) is 0 Å². The number of hydrogen-bond acceptors (Lipinski definition) is 3. The lowest BCUT2D eigenvalue weighted by Crippen LogP contribution is -1.85. The lowest BCUT2D eigenvalue weighted by molar-refractivity contribution is 0.289. The second-order valence-corrected chi connectivity index (χ2v) is 3.28. The van der Waals surface area contributed by atoms with E-state index in [1.807, 2.05) is 17.5 Å². The summed E-state index contributed by atoms with van der Waals surface area (Å²) in [7, 11) is 0.